The third kappa shape index (κ3) is 6.13. The molecule has 0 unspecified atom stereocenters. The molecule has 1 aromatic heterocycles. The van der Waals surface area contributed by atoms with Gasteiger partial charge < -0.3 is 25.2 Å². The Bertz CT molecular complexity index is 821. The molecular weight excluding hydrogens is 368 g/mol. The summed E-state index contributed by atoms with van der Waals surface area (Å²) in [6, 6.07) is 9.81. The maximum absolute atomic E-state index is 12.5. The van der Waals surface area contributed by atoms with E-state index in [1.54, 1.807) is 13.0 Å². The van der Waals surface area contributed by atoms with Gasteiger partial charge in [0.25, 0.3) is 5.91 Å². The molecule has 156 valence electrons. The van der Waals surface area contributed by atoms with Crippen molar-refractivity contribution in [2.45, 2.75) is 13.3 Å². The number of carbonyl (C=O) groups excluding carboxylic acids is 1. The SMILES string of the molecule is Cc1nc(Nc2ccccc2N2CCOCC2)cc(C(=O)NCCCN(C)C)n1. The highest BCUT2D eigenvalue weighted by Crippen LogP contribution is 2.28. The van der Waals surface area contributed by atoms with E-state index in [4.69, 9.17) is 4.74 Å². The van der Waals surface area contributed by atoms with E-state index in [9.17, 15) is 4.79 Å². The molecule has 1 fully saturated rings. The minimum Gasteiger partial charge on any atom is -0.378 e. The third-order valence-electron chi connectivity index (χ3n) is 4.66. The Labute approximate surface area is 172 Å². The van der Waals surface area contributed by atoms with Crippen LogP contribution in [0.1, 0.15) is 22.7 Å². The lowest BCUT2D eigenvalue weighted by molar-refractivity contribution is 0.0947. The van der Waals surface area contributed by atoms with Gasteiger partial charge in [-0.05, 0) is 46.1 Å². The van der Waals surface area contributed by atoms with Crippen molar-refractivity contribution in [3.8, 4) is 0 Å². The van der Waals surface area contributed by atoms with Crippen LogP contribution in [0.5, 0.6) is 0 Å². The van der Waals surface area contributed by atoms with Crippen molar-refractivity contribution in [2.75, 3.05) is 63.7 Å². The van der Waals surface area contributed by atoms with Crippen LogP contribution in [0.3, 0.4) is 0 Å². The quantitative estimate of drug-likeness (QED) is 0.659. The molecule has 1 aromatic carbocycles. The third-order valence-corrected chi connectivity index (χ3v) is 4.66. The van der Waals surface area contributed by atoms with Crippen LogP contribution in [0.25, 0.3) is 0 Å². The highest BCUT2D eigenvalue weighted by molar-refractivity contribution is 5.93. The number of hydrogen-bond donors (Lipinski definition) is 2. The molecule has 3 rings (SSSR count). The van der Waals surface area contributed by atoms with Crippen LogP contribution >= 0.6 is 0 Å². The molecule has 2 N–H and O–H groups in total. The normalized spacial score (nSPS) is 14.1. The molecule has 29 heavy (non-hydrogen) atoms. The van der Waals surface area contributed by atoms with Crippen LogP contribution in [-0.2, 0) is 4.74 Å². The molecule has 2 heterocycles. The number of amides is 1. The fraction of sp³-hybridized carbons (Fsp3) is 0.476. The topological polar surface area (TPSA) is 82.6 Å². The van der Waals surface area contributed by atoms with Crippen LogP contribution < -0.4 is 15.5 Å². The number of rotatable bonds is 8. The zero-order chi connectivity index (χ0) is 20.6. The number of anilines is 3. The maximum atomic E-state index is 12.5. The fourth-order valence-electron chi connectivity index (χ4n) is 3.23. The van der Waals surface area contributed by atoms with Gasteiger partial charge >= 0.3 is 0 Å². The summed E-state index contributed by atoms with van der Waals surface area (Å²) in [6.07, 6.45) is 0.890. The van der Waals surface area contributed by atoms with Crippen molar-refractivity contribution in [1.29, 1.82) is 0 Å². The number of aromatic nitrogens is 2. The summed E-state index contributed by atoms with van der Waals surface area (Å²) in [5.41, 5.74) is 2.42. The summed E-state index contributed by atoms with van der Waals surface area (Å²) in [5, 5.41) is 6.30. The molecule has 1 amide bonds. The van der Waals surface area contributed by atoms with Gasteiger partial charge in [-0.15, -0.1) is 0 Å². The smallest absolute Gasteiger partial charge is 0.270 e. The van der Waals surface area contributed by atoms with E-state index >= 15 is 0 Å². The Morgan fingerprint density at radius 1 is 1.21 bits per heavy atom. The van der Waals surface area contributed by atoms with Crippen molar-refractivity contribution in [3.05, 3.63) is 41.9 Å². The second-order valence-corrected chi connectivity index (χ2v) is 7.34. The second-order valence-electron chi connectivity index (χ2n) is 7.34. The Kier molecular flexibility index (Phi) is 7.37. The summed E-state index contributed by atoms with van der Waals surface area (Å²) in [6.45, 7) is 6.47. The molecule has 8 heteroatoms. The van der Waals surface area contributed by atoms with E-state index in [1.165, 1.54) is 0 Å². The molecule has 0 bridgehead atoms. The number of benzene rings is 1. The lowest BCUT2D eigenvalue weighted by Gasteiger charge is -2.30. The Morgan fingerprint density at radius 2 is 1.97 bits per heavy atom. The molecule has 2 aromatic rings. The van der Waals surface area contributed by atoms with Crippen molar-refractivity contribution in [1.82, 2.24) is 20.2 Å². The molecule has 0 aliphatic carbocycles. The second kappa shape index (κ2) is 10.2. The average Bonchev–Trinajstić information content (AvgIpc) is 2.71. The molecule has 1 aliphatic rings. The summed E-state index contributed by atoms with van der Waals surface area (Å²) < 4.78 is 5.46. The van der Waals surface area contributed by atoms with Crippen molar-refractivity contribution >= 4 is 23.1 Å². The van der Waals surface area contributed by atoms with E-state index < -0.39 is 0 Å². The summed E-state index contributed by atoms with van der Waals surface area (Å²) in [7, 11) is 4.03. The van der Waals surface area contributed by atoms with Crippen LogP contribution in [0.2, 0.25) is 0 Å². The van der Waals surface area contributed by atoms with Crippen LogP contribution in [0.4, 0.5) is 17.2 Å². The van der Waals surface area contributed by atoms with E-state index in [0.717, 1.165) is 50.6 Å². The molecule has 0 atom stereocenters. The number of aryl methyl sites for hydroxylation is 1. The number of nitrogens with zero attached hydrogens (tertiary/aromatic N) is 4. The summed E-state index contributed by atoms with van der Waals surface area (Å²) in [5.74, 6) is 0.979. The van der Waals surface area contributed by atoms with Gasteiger partial charge in [-0.1, -0.05) is 12.1 Å². The molecule has 0 spiro atoms. The van der Waals surface area contributed by atoms with Gasteiger partial charge in [0.05, 0.1) is 24.6 Å². The van der Waals surface area contributed by atoms with Crippen molar-refractivity contribution in [2.24, 2.45) is 0 Å². The molecular formula is C21H30N6O2. The monoisotopic (exact) mass is 398 g/mol. The molecule has 0 radical (unpaired) electrons. The predicted octanol–water partition coefficient (Wildman–Crippen LogP) is 2.05. The summed E-state index contributed by atoms with van der Waals surface area (Å²) in [4.78, 5) is 25.6. The van der Waals surface area contributed by atoms with Gasteiger partial charge in [-0.25, -0.2) is 9.97 Å². The molecule has 8 nitrogen and oxygen atoms in total. The minimum absolute atomic E-state index is 0.182. The zero-order valence-electron chi connectivity index (χ0n) is 17.4. The highest BCUT2D eigenvalue weighted by Gasteiger charge is 2.16. The zero-order valence-corrected chi connectivity index (χ0v) is 17.4. The molecule has 0 saturated carbocycles. The number of nitrogens with one attached hydrogen (secondary N) is 2. The number of para-hydroxylation sites is 2. The van der Waals surface area contributed by atoms with Gasteiger partial charge in [0.1, 0.15) is 17.3 Å². The van der Waals surface area contributed by atoms with Crippen molar-refractivity contribution in [3.63, 3.8) is 0 Å². The van der Waals surface area contributed by atoms with Gasteiger partial charge in [0.2, 0.25) is 0 Å². The van der Waals surface area contributed by atoms with Crippen molar-refractivity contribution < 1.29 is 9.53 Å². The lowest BCUT2D eigenvalue weighted by Crippen LogP contribution is -2.36. The van der Waals surface area contributed by atoms with Crippen LogP contribution in [-0.4, -0.2) is 74.3 Å². The first-order valence-electron chi connectivity index (χ1n) is 10.0. The Balaban J connectivity index is 1.71. The molecule has 1 saturated heterocycles. The first-order chi connectivity index (χ1) is 14.0. The number of morpholine rings is 1. The Hall–Kier alpha value is -2.71. The first kappa shape index (κ1) is 21.0. The van der Waals surface area contributed by atoms with Crippen LogP contribution in [0.15, 0.2) is 30.3 Å². The lowest BCUT2D eigenvalue weighted by atomic mass is 10.2. The van der Waals surface area contributed by atoms with E-state index in [1.807, 2.05) is 32.3 Å². The van der Waals surface area contributed by atoms with Gasteiger partial charge in [-0.3, -0.25) is 4.79 Å². The standard InChI is InChI=1S/C21H30N6O2/c1-16-23-18(21(28)22-9-6-10-26(2)3)15-20(24-16)25-17-7-4-5-8-19(17)27-11-13-29-14-12-27/h4-5,7-8,15H,6,9-14H2,1-3H3,(H,22,28)(H,23,24,25). The van der Waals surface area contributed by atoms with Crippen LogP contribution in [0, 0.1) is 6.92 Å². The largest absolute Gasteiger partial charge is 0.378 e. The minimum atomic E-state index is -0.182. The van der Waals surface area contributed by atoms with E-state index in [0.29, 0.717) is 23.9 Å². The maximum Gasteiger partial charge on any atom is 0.270 e. The fourth-order valence-corrected chi connectivity index (χ4v) is 3.23. The van der Waals surface area contributed by atoms with E-state index in [2.05, 4.69) is 36.5 Å². The predicted molar refractivity (Wildman–Crippen MR) is 115 cm³/mol. The average molecular weight is 399 g/mol. The number of hydrogen-bond acceptors (Lipinski definition) is 7. The molecule has 1 aliphatic heterocycles. The Morgan fingerprint density at radius 3 is 2.72 bits per heavy atom. The first-order valence-corrected chi connectivity index (χ1v) is 10.0. The number of ether oxygens (including phenoxy) is 1. The van der Waals surface area contributed by atoms with Gasteiger partial charge in [-0.2, -0.15) is 0 Å². The highest BCUT2D eigenvalue weighted by atomic mass is 16.5. The van der Waals surface area contributed by atoms with Gasteiger partial charge in [0.15, 0.2) is 0 Å². The van der Waals surface area contributed by atoms with E-state index in [-0.39, 0.29) is 5.91 Å². The van der Waals surface area contributed by atoms with Gasteiger partial charge in [0, 0.05) is 25.7 Å². The summed E-state index contributed by atoms with van der Waals surface area (Å²) >= 11 is 0. The number of carbonyl (C=O) groups is 1.